The van der Waals surface area contributed by atoms with E-state index in [1.807, 2.05) is 26.0 Å². The van der Waals surface area contributed by atoms with Gasteiger partial charge in [-0.3, -0.25) is 4.79 Å². The molecule has 0 atom stereocenters. The second-order valence-corrected chi connectivity index (χ2v) is 5.26. The third-order valence-corrected chi connectivity index (χ3v) is 3.72. The normalized spacial score (nSPS) is 10.5. The van der Waals surface area contributed by atoms with Crippen LogP contribution in [0.4, 0.5) is 0 Å². The Kier molecular flexibility index (Phi) is 3.97. The van der Waals surface area contributed by atoms with Gasteiger partial charge in [-0.2, -0.15) is 0 Å². The van der Waals surface area contributed by atoms with E-state index < -0.39 is 0 Å². The quantitative estimate of drug-likeness (QED) is 0.871. The summed E-state index contributed by atoms with van der Waals surface area (Å²) < 4.78 is 5.31. The molecule has 100 valence electrons. The first-order valence-corrected chi connectivity index (χ1v) is 6.79. The highest BCUT2D eigenvalue weighted by molar-refractivity contribution is 7.09. The molecule has 2 N–H and O–H groups in total. The fourth-order valence-corrected chi connectivity index (χ4v) is 2.67. The van der Waals surface area contributed by atoms with E-state index >= 15 is 0 Å². The molecule has 1 heterocycles. The fourth-order valence-electron chi connectivity index (χ4n) is 2.02. The standard InChI is InChI=1S/C14H16N2O2S/c1-8-4-9(2)13(11(5-8)18-3)14(17)10-7-19-12(6-15)16-10/h4-5,7H,6,15H2,1-3H3. The molecule has 1 aromatic heterocycles. The highest BCUT2D eigenvalue weighted by atomic mass is 32.1. The van der Waals surface area contributed by atoms with Crippen molar-refractivity contribution in [3.8, 4) is 5.75 Å². The van der Waals surface area contributed by atoms with E-state index in [-0.39, 0.29) is 5.78 Å². The average molecular weight is 276 g/mol. The molecule has 0 aliphatic heterocycles. The van der Waals surface area contributed by atoms with Gasteiger partial charge in [-0.1, -0.05) is 6.07 Å². The zero-order chi connectivity index (χ0) is 14.0. The van der Waals surface area contributed by atoms with Crippen LogP contribution in [0.15, 0.2) is 17.5 Å². The van der Waals surface area contributed by atoms with E-state index in [2.05, 4.69) is 4.98 Å². The minimum atomic E-state index is -0.120. The lowest BCUT2D eigenvalue weighted by molar-refractivity contribution is 0.103. The number of thiazole rings is 1. The number of nitrogens with zero attached hydrogens (tertiary/aromatic N) is 1. The zero-order valence-corrected chi connectivity index (χ0v) is 12.0. The Hall–Kier alpha value is -1.72. The monoisotopic (exact) mass is 276 g/mol. The fraction of sp³-hybridized carbons (Fsp3) is 0.286. The molecule has 19 heavy (non-hydrogen) atoms. The molecule has 0 spiro atoms. The van der Waals surface area contributed by atoms with Gasteiger partial charge in [-0.15, -0.1) is 11.3 Å². The molecule has 0 aliphatic rings. The van der Waals surface area contributed by atoms with Crippen molar-refractivity contribution in [3.05, 3.63) is 44.9 Å². The average Bonchev–Trinajstić information content (AvgIpc) is 2.85. The summed E-state index contributed by atoms with van der Waals surface area (Å²) in [7, 11) is 1.57. The predicted molar refractivity (Wildman–Crippen MR) is 75.9 cm³/mol. The molecule has 4 nitrogen and oxygen atoms in total. The second-order valence-electron chi connectivity index (χ2n) is 4.32. The number of methoxy groups -OCH3 is 1. The zero-order valence-electron chi connectivity index (χ0n) is 11.2. The first-order chi connectivity index (χ1) is 9.06. The third-order valence-electron chi connectivity index (χ3n) is 2.85. The van der Waals surface area contributed by atoms with Gasteiger partial charge in [0.1, 0.15) is 16.5 Å². The Labute approximate surface area is 116 Å². The van der Waals surface area contributed by atoms with Crippen LogP contribution in [0.1, 0.15) is 32.2 Å². The number of aryl methyl sites for hydroxylation is 2. The summed E-state index contributed by atoms with van der Waals surface area (Å²) in [5, 5.41) is 2.50. The summed E-state index contributed by atoms with van der Waals surface area (Å²) in [4.78, 5) is 16.7. The molecule has 0 unspecified atom stereocenters. The van der Waals surface area contributed by atoms with Gasteiger partial charge in [-0.25, -0.2) is 4.98 Å². The number of ketones is 1. The van der Waals surface area contributed by atoms with Crippen LogP contribution >= 0.6 is 11.3 Å². The first kappa shape index (κ1) is 13.7. The van der Waals surface area contributed by atoms with Crippen LogP contribution in [0.2, 0.25) is 0 Å². The smallest absolute Gasteiger partial charge is 0.216 e. The minimum absolute atomic E-state index is 0.120. The van der Waals surface area contributed by atoms with E-state index in [0.29, 0.717) is 23.6 Å². The van der Waals surface area contributed by atoms with Gasteiger partial charge in [0, 0.05) is 11.9 Å². The van der Waals surface area contributed by atoms with Gasteiger partial charge in [0.05, 0.1) is 12.7 Å². The molecule has 2 aromatic rings. The molecule has 0 radical (unpaired) electrons. The van der Waals surface area contributed by atoms with Crippen LogP contribution in [0.3, 0.4) is 0 Å². The number of ether oxygens (including phenoxy) is 1. The van der Waals surface area contributed by atoms with Crippen molar-refractivity contribution in [1.82, 2.24) is 4.98 Å². The SMILES string of the molecule is COc1cc(C)cc(C)c1C(=O)c1csc(CN)n1. The van der Waals surface area contributed by atoms with E-state index in [4.69, 9.17) is 10.5 Å². The van der Waals surface area contributed by atoms with E-state index in [9.17, 15) is 4.79 Å². The number of carbonyl (C=O) groups is 1. The van der Waals surface area contributed by atoms with Crippen molar-refractivity contribution < 1.29 is 9.53 Å². The summed E-state index contributed by atoms with van der Waals surface area (Å²) in [5.41, 5.74) is 8.47. The lowest BCUT2D eigenvalue weighted by Crippen LogP contribution is -2.08. The maximum Gasteiger partial charge on any atom is 0.216 e. The highest BCUT2D eigenvalue weighted by Gasteiger charge is 2.20. The molecule has 0 saturated carbocycles. The summed E-state index contributed by atoms with van der Waals surface area (Å²) in [5.74, 6) is 0.468. The molecular weight excluding hydrogens is 260 g/mol. The van der Waals surface area contributed by atoms with Crippen LogP contribution in [0.25, 0.3) is 0 Å². The summed E-state index contributed by atoms with van der Waals surface area (Å²) in [6.07, 6.45) is 0. The number of hydrogen-bond donors (Lipinski definition) is 1. The van der Waals surface area contributed by atoms with Gasteiger partial charge >= 0.3 is 0 Å². The summed E-state index contributed by atoms with van der Waals surface area (Å²) in [6.45, 7) is 4.22. The minimum Gasteiger partial charge on any atom is -0.496 e. The van der Waals surface area contributed by atoms with E-state index in [1.54, 1.807) is 12.5 Å². The van der Waals surface area contributed by atoms with Gasteiger partial charge in [0.15, 0.2) is 0 Å². The lowest BCUT2D eigenvalue weighted by atomic mass is 9.99. The number of rotatable bonds is 4. The van der Waals surface area contributed by atoms with Crippen molar-refractivity contribution in [2.75, 3.05) is 7.11 Å². The topological polar surface area (TPSA) is 65.2 Å². The van der Waals surface area contributed by atoms with Crippen LogP contribution in [-0.2, 0) is 6.54 Å². The molecule has 5 heteroatoms. The molecule has 2 rings (SSSR count). The Bertz CT molecular complexity index is 620. The number of carbonyl (C=O) groups excluding carboxylic acids is 1. The molecule has 0 amide bonds. The molecule has 0 aliphatic carbocycles. The lowest BCUT2D eigenvalue weighted by Gasteiger charge is -2.11. The Morgan fingerprint density at radius 2 is 2.16 bits per heavy atom. The maximum absolute atomic E-state index is 12.5. The van der Waals surface area contributed by atoms with Gasteiger partial charge in [0.2, 0.25) is 5.78 Å². The Morgan fingerprint density at radius 1 is 1.42 bits per heavy atom. The van der Waals surface area contributed by atoms with Crippen LogP contribution in [-0.4, -0.2) is 17.9 Å². The number of hydrogen-bond acceptors (Lipinski definition) is 5. The van der Waals surface area contributed by atoms with Gasteiger partial charge < -0.3 is 10.5 Å². The van der Waals surface area contributed by atoms with Crippen LogP contribution < -0.4 is 10.5 Å². The predicted octanol–water partition coefficient (Wildman–Crippen LogP) is 2.46. The maximum atomic E-state index is 12.5. The largest absolute Gasteiger partial charge is 0.496 e. The number of benzene rings is 1. The van der Waals surface area contributed by atoms with E-state index in [0.717, 1.165) is 16.1 Å². The number of aromatic nitrogens is 1. The first-order valence-electron chi connectivity index (χ1n) is 5.91. The molecule has 0 fully saturated rings. The van der Waals surface area contributed by atoms with Crippen molar-refractivity contribution in [2.24, 2.45) is 5.73 Å². The van der Waals surface area contributed by atoms with Gasteiger partial charge in [0.25, 0.3) is 0 Å². The number of nitrogens with two attached hydrogens (primary N) is 1. The highest BCUT2D eigenvalue weighted by Crippen LogP contribution is 2.27. The van der Waals surface area contributed by atoms with Gasteiger partial charge in [-0.05, 0) is 31.0 Å². The second kappa shape index (κ2) is 5.50. The Morgan fingerprint density at radius 3 is 2.74 bits per heavy atom. The molecular formula is C14H16N2O2S. The van der Waals surface area contributed by atoms with Crippen molar-refractivity contribution in [3.63, 3.8) is 0 Å². The Balaban J connectivity index is 2.49. The van der Waals surface area contributed by atoms with Crippen molar-refractivity contribution in [1.29, 1.82) is 0 Å². The molecule has 0 saturated heterocycles. The van der Waals surface area contributed by atoms with Crippen LogP contribution in [0, 0.1) is 13.8 Å². The summed E-state index contributed by atoms with van der Waals surface area (Å²) >= 11 is 1.40. The van der Waals surface area contributed by atoms with Crippen molar-refractivity contribution in [2.45, 2.75) is 20.4 Å². The molecule has 1 aromatic carbocycles. The molecule has 0 bridgehead atoms. The third kappa shape index (κ3) is 2.67. The van der Waals surface area contributed by atoms with E-state index in [1.165, 1.54) is 11.3 Å². The summed E-state index contributed by atoms with van der Waals surface area (Å²) in [6, 6.07) is 3.82. The van der Waals surface area contributed by atoms with Crippen LogP contribution in [0.5, 0.6) is 5.75 Å². The van der Waals surface area contributed by atoms with Crippen molar-refractivity contribution >= 4 is 17.1 Å².